The van der Waals surface area contributed by atoms with E-state index in [9.17, 15) is 0 Å². The predicted molar refractivity (Wildman–Crippen MR) is 80.3 cm³/mol. The van der Waals surface area contributed by atoms with Crippen molar-refractivity contribution >= 4 is 0 Å². The summed E-state index contributed by atoms with van der Waals surface area (Å²) in [6.45, 7) is 5.33. The molecule has 2 rings (SSSR count). The summed E-state index contributed by atoms with van der Waals surface area (Å²) in [6.07, 6.45) is 3.90. The molecule has 100 valence electrons. The molecule has 2 heteroatoms. The van der Waals surface area contributed by atoms with Crippen LogP contribution in [-0.4, -0.2) is 17.6 Å². The Morgan fingerprint density at radius 2 is 1.84 bits per heavy atom. The van der Waals surface area contributed by atoms with E-state index >= 15 is 0 Å². The first kappa shape index (κ1) is 13.8. The van der Waals surface area contributed by atoms with Crippen molar-refractivity contribution in [1.82, 2.24) is 10.3 Å². The van der Waals surface area contributed by atoms with Gasteiger partial charge in [-0.1, -0.05) is 37.3 Å². The average molecular weight is 254 g/mol. The van der Waals surface area contributed by atoms with Crippen LogP contribution in [-0.2, 0) is 12.8 Å². The van der Waals surface area contributed by atoms with Gasteiger partial charge in [-0.2, -0.15) is 0 Å². The molecule has 1 atom stereocenters. The highest BCUT2D eigenvalue weighted by molar-refractivity contribution is 5.26. The molecule has 0 saturated carbocycles. The minimum absolute atomic E-state index is 0.445. The van der Waals surface area contributed by atoms with Crippen LogP contribution in [0.3, 0.4) is 0 Å². The number of rotatable bonds is 6. The van der Waals surface area contributed by atoms with Gasteiger partial charge in [-0.15, -0.1) is 0 Å². The fourth-order valence-corrected chi connectivity index (χ4v) is 2.38. The molecule has 2 aromatic rings. The van der Waals surface area contributed by atoms with E-state index in [0.717, 1.165) is 25.1 Å². The second kappa shape index (κ2) is 7.05. The zero-order chi connectivity index (χ0) is 13.5. The van der Waals surface area contributed by atoms with Crippen LogP contribution in [0.4, 0.5) is 0 Å². The minimum Gasteiger partial charge on any atom is -0.314 e. The molecule has 0 fully saturated rings. The third-order valence-corrected chi connectivity index (χ3v) is 3.40. The summed E-state index contributed by atoms with van der Waals surface area (Å²) in [6, 6.07) is 15.2. The molecule has 0 spiro atoms. The number of nitrogens with zero attached hydrogens (tertiary/aromatic N) is 1. The molecule has 0 bridgehead atoms. The van der Waals surface area contributed by atoms with Gasteiger partial charge in [0.05, 0.1) is 0 Å². The molecule has 0 aliphatic heterocycles. The lowest BCUT2D eigenvalue weighted by molar-refractivity contribution is 0.515. The summed E-state index contributed by atoms with van der Waals surface area (Å²) in [7, 11) is 0. The highest BCUT2D eigenvalue weighted by Gasteiger charge is 2.11. The summed E-state index contributed by atoms with van der Waals surface area (Å²) in [5, 5.41) is 3.57. The van der Waals surface area contributed by atoms with Crippen LogP contribution in [0.15, 0.2) is 48.7 Å². The first-order chi connectivity index (χ1) is 9.29. The van der Waals surface area contributed by atoms with Crippen LogP contribution in [0.1, 0.15) is 23.7 Å². The maximum absolute atomic E-state index is 4.42. The van der Waals surface area contributed by atoms with Gasteiger partial charge >= 0.3 is 0 Å². The second-order valence-electron chi connectivity index (χ2n) is 4.91. The molecule has 1 aromatic carbocycles. The van der Waals surface area contributed by atoms with Gasteiger partial charge in [-0.05, 0) is 43.1 Å². The molecule has 1 aromatic heterocycles. The van der Waals surface area contributed by atoms with Gasteiger partial charge in [0.15, 0.2) is 0 Å². The maximum Gasteiger partial charge on any atom is 0.0419 e. The number of hydrogen-bond donors (Lipinski definition) is 1. The van der Waals surface area contributed by atoms with Crippen LogP contribution >= 0.6 is 0 Å². The number of nitrogens with one attached hydrogen (secondary N) is 1. The Labute approximate surface area is 115 Å². The Hall–Kier alpha value is -1.67. The Morgan fingerprint density at radius 1 is 1.05 bits per heavy atom. The number of pyridine rings is 1. The summed E-state index contributed by atoms with van der Waals surface area (Å²) < 4.78 is 0. The second-order valence-corrected chi connectivity index (χ2v) is 4.91. The first-order valence-corrected chi connectivity index (χ1v) is 6.97. The van der Waals surface area contributed by atoms with Crippen molar-refractivity contribution in [2.45, 2.75) is 32.7 Å². The molecular weight excluding hydrogens is 232 g/mol. The number of aryl methyl sites for hydroxylation is 1. The zero-order valence-electron chi connectivity index (χ0n) is 11.8. The third kappa shape index (κ3) is 4.18. The third-order valence-electron chi connectivity index (χ3n) is 3.40. The topological polar surface area (TPSA) is 24.9 Å². The van der Waals surface area contributed by atoms with E-state index in [1.165, 1.54) is 11.1 Å². The van der Waals surface area contributed by atoms with Gasteiger partial charge in [0.25, 0.3) is 0 Å². The molecule has 0 amide bonds. The lowest BCUT2D eigenvalue weighted by atomic mass is 9.98. The molecule has 1 unspecified atom stereocenters. The fourth-order valence-electron chi connectivity index (χ4n) is 2.38. The van der Waals surface area contributed by atoms with E-state index in [-0.39, 0.29) is 0 Å². The Morgan fingerprint density at radius 3 is 2.53 bits per heavy atom. The lowest BCUT2D eigenvalue weighted by Crippen LogP contribution is -2.33. The number of likely N-dealkylation sites (N-methyl/N-ethyl adjacent to an activating group) is 1. The van der Waals surface area contributed by atoms with Gasteiger partial charge in [0.2, 0.25) is 0 Å². The monoisotopic (exact) mass is 254 g/mol. The van der Waals surface area contributed by atoms with Gasteiger partial charge in [-0.3, -0.25) is 4.98 Å². The standard InChI is InChI=1S/C17H22N2/c1-3-18-17(13-16-10-6-7-11-19-16)12-15-9-5-4-8-14(15)2/h4-11,17-18H,3,12-13H2,1-2H3. The SMILES string of the molecule is CCNC(Cc1ccccn1)Cc1ccccc1C. The van der Waals surface area contributed by atoms with Gasteiger partial charge in [0.1, 0.15) is 0 Å². The smallest absolute Gasteiger partial charge is 0.0419 e. The number of hydrogen-bond acceptors (Lipinski definition) is 2. The highest BCUT2D eigenvalue weighted by Crippen LogP contribution is 2.12. The molecule has 0 saturated heterocycles. The van der Waals surface area contributed by atoms with Gasteiger partial charge in [-0.25, -0.2) is 0 Å². The number of aromatic nitrogens is 1. The minimum atomic E-state index is 0.445. The summed E-state index contributed by atoms with van der Waals surface area (Å²) in [5.74, 6) is 0. The highest BCUT2D eigenvalue weighted by atomic mass is 14.9. The molecule has 1 N–H and O–H groups in total. The van der Waals surface area contributed by atoms with E-state index in [4.69, 9.17) is 0 Å². The van der Waals surface area contributed by atoms with E-state index in [1.807, 2.05) is 12.3 Å². The first-order valence-electron chi connectivity index (χ1n) is 6.97. The van der Waals surface area contributed by atoms with Gasteiger partial charge < -0.3 is 5.32 Å². The average Bonchev–Trinajstić information content (AvgIpc) is 2.43. The largest absolute Gasteiger partial charge is 0.314 e. The van der Waals surface area contributed by atoms with Crippen molar-refractivity contribution in [3.05, 3.63) is 65.5 Å². The molecule has 0 aliphatic rings. The molecule has 0 aliphatic carbocycles. The Bertz CT molecular complexity index is 494. The summed E-state index contributed by atoms with van der Waals surface area (Å²) in [4.78, 5) is 4.42. The van der Waals surface area contributed by atoms with Crippen molar-refractivity contribution in [3.63, 3.8) is 0 Å². The van der Waals surface area contributed by atoms with E-state index < -0.39 is 0 Å². The summed E-state index contributed by atoms with van der Waals surface area (Å²) >= 11 is 0. The maximum atomic E-state index is 4.42. The van der Waals surface area contributed by atoms with Crippen LogP contribution in [0.5, 0.6) is 0 Å². The van der Waals surface area contributed by atoms with Crippen LogP contribution < -0.4 is 5.32 Å². The molecule has 2 nitrogen and oxygen atoms in total. The van der Waals surface area contributed by atoms with E-state index in [2.05, 4.69) is 60.5 Å². The fraction of sp³-hybridized carbons (Fsp3) is 0.353. The zero-order valence-corrected chi connectivity index (χ0v) is 11.8. The normalized spacial score (nSPS) is 12.3. The summed E-state index contributed by atoms with van der Waals surface area (Å²) in [5.41, 5.74) is 3.94. The van der Waals surface area contributed by atoms with Crippen molar-refractivity contribution in [1.29, 1.82) is 0 Å². The predicted octanol–water partition coefficient (Wildman–Crippen LogP) is 3.15. The van der Waals surface area contributed by atoms with Crippen LogP contribution in [0.2, 0.25) is 0 Å². The van der Waals surface area contributed by atoms with Crippen molar-refractivity contribution in [2.75, 3.05) is 6.54 Å². The molecule has 0 radical (unpaired) electrons. The van der Waals surface area contributed by atoms with Crippen molar-refractivity contribution < 1.29 is 0 Å². The van der Waals surface area contributed by atoms with Gasteiger partial charge in [0, 0.05) is 24.4 Å². The van der Waals surface area contributed by atoms with E-state index in [0.29, 0.717) is 6.04 Å². The van der Waals surface area contributed by atoms with E-state index in [1.54, 1.807) is 0 Å². The Balaban J connectivity index is 2.06. The lowest BCUT2D eigenvalue weighted by Gasteiger charge is -2.18. The molecule has 1 heterocycles. The number of benzene rings is 1. The molecular formula is C17H22N2. The van der Waals surface area contributed by atoms with Crippen LogP contribution in [0, 0.1) is 6.92 Å². The van der Waals surface area contributed by atoms with Crippen molar-refractivity contribution in [2.24, 2.45) is 0 Å². The molecule has 19 heavy (non-hydrogen) atoms. The quantitative estimate of drug-likeness (QED) is 0.856. The van der Waals surface area contributed by atoms with Crippen LogP contribution in [0.25, 0.3) is 0 Å². The van der Waals surface area contributed by atoms with Crippen molar-refractivity contribution in [3.8, 4) is 0 Å². The Kier molecular flexibility index (Phi) is 5.10.